The fourth-order valence-electron chi connectivity index (χ4n) is 2.13. The average molecular weight is 284 g/mol. The van der Waals surface area contributed by atoms with Crippen molar-refractivity contribution in [1.82, 2.24) is 0 Å². The fourth-order valence-corrected chi connectivity index (χ4v) is 2.13. The van der Waals surface area contributed by atoms with Crippen LogP contribution in [0.2, 0.25) is 0 Å². The highest BCUT2D eigenvalue weighted by Crippen LogP contribution is 2.26. The first-order valence-corrected chi connectivity index (χ1v) is 6.96. The zero-order valence-corrected chi connectivity index (χ0v) is 12.1. The summed E-state index contributed by atoms with van der Waals surface area (Å²) >= 11 is 0. The molecule has 0 atom stereocenters. The Morgan fingerprint density at radius 3 is 2.67 bits per heavy atom. The van der Waals surface area contributed by atoms with Gasteiger partial charge in [0.1, 0.15) is 5.75 Å². The highest BCUT2D eigenvalue weighted by atomic mass is 16.5. The minimum atomic E-state index is -0.0326. The van der Waals surface area contributed by atoms with Crippen molar-refractivity contribution in [3.8, 4) is 5.75 Å². The van der Waals surface area contributed by atoms with E-state index in [9.17, 15) is 4.79 Å². The molecule has 4 nitrogen and oxygen atoms in total. The van der Waals surface area contributed by atoms with Crippen molar-refractivity contribution in [2.45, 2.75) is 19.3 Å². The van der Waals surface area contributed by atoms with E-state index in [-0.39, 0.29) is 5.91 Å². The summed E-state index contributed by atoms with van der Waals surface area (Å²) in [5.74, 6) is 0.579. The number of carbonyl (C=O) groups excluding carboxylic acids is 1. The number of nitrogen functional groups attached to an aromatic ring is 1. The molecule has 110 valence electrons. The van der Waals surface area contributed by atoms with Gasteiger partial charge in [-0.15, -0.1) is 0 Å². The van der Waals surface area contributed by atoms with Crippen molar-refractivity contribution in [3.63, 3.8) is 0 Å². The van der Waals surface area contributed by atoms with E-state index in [4.69, 9.17) is 10.5 Å². The van der Waals surface area contributed by atoms with Gasteiger partial charge in [0.05, 0.1) is 12.8 Å². The second kappa shape index (κ2) is 7.33. The molecule has 0 spiro atoms. The molecule has 0 aliphatic heterocycles. The monoisotopic (exact) mass is 284 g/mol. The predicted octanol–water partition coefficient (Wildman–Crippen LogP) is 3.24. The molecule has 2 aromatic rings. The number of anilines is 2. The van der Waals surface area contributed by atoms with Crippen LogP contribution in [0.5, 0.6) is 5.75 Å². The van der Waals surface area contributed by atoms with E-state index in [1.165, 1.54) is 5.56 Å². The number of aryl methyl sites for hydroxylation is 1. The number of rotatable bonds is 6. The number of hydrogen-bond acceptors (Lipinski definition) is 3. The summed E-state index contributed by atoms with van der Waals surface area (Å²) in [6.45, 7) is 0. The lowest BCUT2D eigenvalue weighted by molar-refractivity contribution is -0.116. The molecule has 0 unspecified atom stereocenters. The number of hydrogen-bond donors (Lipinski definition) is 2. The first-order chi connectivity index (χ1) is 10.2. The Balaban J connectivity index is 1.86. The Morgan fingerprint density at radius 2 is 1.95 bits per heavy atom. The number of carbonyl (C=O) groups is 1. The molecule has 0 aliphatic rings. The van der Waals surface area contributed by atoms with Crippen LogP contribution in [0.15, 0.2) is 48.5 Å². The van der Waals surface area contributed by atoms with E-state index < -0.39 is 0 Å². The Bertz CT molecular complexity index is 597. The van der Waals surface area contributed by atoms with Crippen LogP contribution in [0, 0.1) is 0 Å². The molecule has 0 bridgehead atoms. The summed E-state index contributed by atoms with van der Waals surface area (Å²) in [5, 5.41) is 2.84. The maximum absolute atomic E-state index is 12.0. The molecular weight excluding hydrogens is 264 g/mol. The summed E-state index contributed by atoms with van der Waals surface area (Å²) in [5.41, 5.74) is 8.18. The lowest BCUT2D eigenvalue weighted by Crippen LogP contribution is -2.12. The van der Waals surface area contributed by atoms with E-state index in [0.717, 1.165) is 12.8 Å². The Hall–Kier alpha value is -2.49. The Kier molecular flexibility index (Phi) is 5.21. The van der Waals surface area contributed by atoms with Gasteiger partial charge in [-0.25, -0.2) is 0 Å². The summed E-state index contributed by atoms with van der Waals surface area (Å²) in [6.07, 6.45) is 2.16. The average Bonchev–Trinajstić information content (AvgIpc) is 2.48. The van der Waals surface area contributed by atoms with Crippen molar-refractivity contribution >= 4 is 17.3 Å². The van der Waals surface area contributed by atoms with E-state index in [0.29, 0.717) is 23.5 Å². The van der Waals surface area contributed by atoms with E-state index in [1.54, 1.807) is 25.3 Å². The number of amides is 1. The van der Waals surface area contributed by atoms with E-state index in [1.807, 2.05) is 18.2 Å². The quantitative estimate of drug-likeness (QED) is 0.800. The highest BCUT2D eigenvalue weighted by molar-refractivity contribution is 5.92. The van der Waals surface area contributed by atoms with Gasteiger partial charge in [0.15, 0.2) is 0 Å². The van der Waals surface area contributed by atoms with Gasteiger partial charge in [0.25, 0.3) is 0 Å². The molecule has 4 heteroatoms. The molecule has 0 heterocycles. The topological polar surface area (TPSA) is 64.3 Å². The second-order valence-corrected chi connectivity index (χ2v) is 4.85. The summed E-state index contributed by atoms with van der Waals surface area (Å²) in [7, 11) is 1.57. The molecule has 0 radical (unpaired) electrons. The molecule has 2 rings (SSSR count). The van der Waals surface area contributed by atoms with Crippen molar-refractivity contribution < 1.29 is 9.53 Å². The third-order valence-electron chi connectivity index (χ3n) is 3.21. The standard InChI is InChI=1S/C17H20N2O2/c1-21-16-11-10-14(18)12-15(16)19-17(20)9-5-8-13-6-3-2-4-7-13/h2-4,6-7,10-12H,5,8-9,18H2,1H3,(H,19,20). The van der Waals surface area contributed by atoms with Crippen LogP contribution in [0.3, 0.4) is 0 Å². The summed E-state index contributed by atoms with van der Waals surface area (Å²) in [6, 6.07) is 15.3. The molecule has 0 fully saturated rings. The van der Waals surface area contributed by atoms with Crippen LogP contribution in [0.25, 0.3) is 0 Å². The lowest BCUT2D eigenvalue weighted by atomic mass is 10.1. The first kappa shape index (κ1) is 14.9. The van der Waals surface area contributed by atoms with Crippen molar-refractivity contribution in [1.29, 1.82) is 0 Å². The van der Waals surface area contributed by atoms with Crippen LogP contribution in [0.1, 0.15) is 18.4 Å². The Morgan fingerprint density at radius 1 is 1.19 bits per heavy atom. The fraction of sp³-hybridized carbons (Fsp3) is 0.235. The SMILES string of the molecule is COc1ccc(N)cc1NC(=O)CCCc1ccccc1. The van der Waals surface area contributed by atoms with Crippen LogP contribution in [0.4, 0.5) is 11.4 Å². The third-order valence-corrected chi connectivity index (χ3v) is 3.21. The molecule has 3 N–H and O–H groups in total. The van der Waals surface area contributed by atoms with Gasteiger partial charge in [0, 0.05) is 12.1 Å². The third kappa shape index (κ3) is 4.53. The molecule has 0 aromatic heterocycles. The van der Waals surface area contributed by atoms with Gasteiger partial charge < -0.3 is 15.8 Å². The van der Waals surface area contributed by atoms with Crippen molar-refractivity contribution in [2.24, 2.45) is 0 Å². The molecule has 2 aromatic carbocycles. The molecule has 21 heavy (non-hydrogen) atoms. The number of methoxy groups -OCH3 is 1. The number of nitrogens with one attached hydrogen (secondary N) is 1. The minimum Gasteiger partial charge on any atom is -0.495 e. The molecule has 0 aliphatic carbocycles. The van der Waals surface area contributed by atoms with Gasteiger partial charge in [-0.05, 0) is 36.6 Å². The molecule has 0 saturated heterocycles. The zero-order chi connectivity index (χ0) is 15.1. The van der Waals surface area contributed by atoms with Gasteiger partial charge in [-0.2, -0.15) is 0 Å². The van der Waals surface area contributed by atoms with Gasteiger partial charge in [0.2, 0.25) is 5.91 Å². The summed E-state index contributed by atoms with van der Waals surface area (Å²) < 4.78 is 5.20. The number of benzene rings is 2. The highest BCUT2D eigenvalue weighted by Gasteiger charge is 2.08. The van der Waals surface area contributed by atoms with Crippen molar-refractivity contribution in [3.05, 3.63) is 54.1 Å². The maximum Gasteiger partial charge on any atom is 0.224 e. The predicted molar refractivity (Wildman–Crippen MR) is 85.4 cm³/mol. The maximum atomic E-state index is 12.0. The normalized spacial score (nSPS) is 10.1. The minimum absolute atomic E-state index is 0.0326. The molecule has 1 amide bonds. The smallest absolute Gasteiger partial charge is 0.224 e. The van der Waals surface area contributed by atoms with E-state index >= 15 is 0 Å². The summed E-state index contributed by atoms with van der Waals surface area (Å²) in [4.78, 5) is 12.0. The van der Waals surface area contributed by atoms with Gasteiger partial charge >= 0.3 is 0 Å². The largest absolute Gasteiger partial charge is 0.495 e. The van der Waals surface area contributed by atoms with Gasteiger partial charge in [-0.3, -0.25) is 4.79 Å². The number of nitrogens with two attached hydrogens (primary N) is 1. The van der Waals surface area contributed by atoms with Crippen molar-refractivity contribution in [2.75, 3.05) is 18.2 Å². The zero-order valence-electron chi connectivity index (χ0n) is 12.1. The Labute approximate surface area is 124 Å². The molecule has 0 saturated carbocycles. The van der Waals surface area contributed by atoms with Gasteiger partial charge in [-0.1, -0.05) is 30.3 Å². The molecular formula is C17H20N2O2. The lowest BCUT2D eigenvalue weighted by Gasteiger charge is -2.10. The second-order valence-electron chi connectivity index (χ2n) is 4.85. The first-order valence-electron chi connectivity index (χ1n) is 6.96. The van der Waals surface area contributed by atoms with Crippen LogP contribution < -0.4 is 15.8 Å². The van der Waals surface area contributed by atoms with Crippen LogP contribution in [-0.4, -0.2) is 13.0 Å². The van der Waals surface area contributed by atoms with Crippen LogP contribution in [-0.2, 0) is 11.2 Å². The number of ether oxygens (including phenoxy) is 1. The van der Waals surface area contributed by atoms with E-state index in [2.05, 4.69) is 17.4 Å². The van der Waals surface area contributed by atoms with Crippen LogP contribution >= 0.6 is 0 Å².